The molecule has 1 saturated heterocycles. The molecule has 0 unspecified atom stereocenters. The van der Waals surface area contributed by atoms with Crippen molar-refractivity contribution in [1.29, 1.82) is 0 Å². The first-order valence-corrected chi connectivity index (χ1v) is 15.7. The average molecular weight is 616 g/mol. The third kappa shape index (κ3) is 7.58. The van der Waals surface area contributed by atoms with E-state index in [1.54, 1.807) is 6.92 Å². The number of halogens is 3. The van der Waals surface area contributed by atoms with Gasteiger partial charge in [-0.1, -0.05) is 18.2 Å². The maximum atomic E-state index is 15.9. The summed E-state index contributed by atoms with van der Waals surface area (Å²) in [7, 11) is 0. The number of benzene rings is 2. The quantitative estimate of drug-likeness (QED) is 0.169. The minimum Gasteiger partial charge on any atom is -0.488 e. The molecule has 1 aromatic heterocycles. The van der Waals surface area contributed by atoms with Crippen molar-refractivity contribution in [2.75, 3.05) is 46.0 Å². The largest absolute Gasteiger partial charge is 0.488 e. The summed E-state index contributed by atoms with van der Waals surface area (Å²) in [6.07, 6.45) is 3.31. The minimum absolute atomic E-state index is 0.0148. The molecule has 0 spiro atoms. The highest BCUT2D eigenvalue weighted by Crippen LogP contribution is 2.43. The lowest BCUT2D eigenvalue weighted by atomic mass is 9.87. The zero-order valence-electron chi connectivity index (χ0n) is 26.1. The van der Waals surface area contributed by atoms with E-state index < -0.39 is 23.3 Å². The summed E-state index contributed by atoms with van der Waals surface area (Å²) in [5.41, 5.74) is 0.972. The van der Waals surface area contributed by atoms with Gasteiger partial charge in [0.1, 0.15) is 35.8 Å². The van der Waals surface area contributed by atoms with Gasteiger partial charge in [0.15, 0.2) is 0 Å². The average Bonchev–Trinajstić information content (AvgIpc) is 3.29. The first kappa shape index (κ1) is 32.3. The summed E-state index contributed by atoms with van der Waals surface area (Å²) in [6, 6.07) is 9.43. The molecule has 240 valence electrons. The van der Waals surface area contributed by atoms with Crippen LogP contribution in [0.5, 0.6) is 5.75 Å². The molecule has 0 bridgehead atoms. The topological polar surface area (TPSA) is 67.0 Å². The molecule has 0 saturated carbocycles. The van der Waals surface area contributed by atoms with Crippen molar-refractivity contribution >= 4 is 16.9 Å². The number of nitrogens with one attached hydrogen (secondary N) is 1. The molecule has 5 rings (SSSR count). The number of esters is 1. The fourth-order valence-electron chi connectivity index (χ4n) is 6.44. The molecule has 0 aliphatic carbocycles. The van der Waals surface area contributed by atoms with Crippen LogP contribution in [0.3, 0.4) is 0 Å². The second-order valence-corrected chi connectivity index (χ2v) is 12.6. The van der Waals surface area contributed by atoms with Crippen LogP contribution in [0.15, 0.2) is 36.4 Å². The fraction of sp³-hybridized carbons (Fsp3) is 0.559. The standard InChI is InChI=1S/C34H44F3N3O4/c1-5-43-30(41)20-42-14-10-6-9-13-39-18-24(19-39)44-23-16-27(35)31(28(36)17-23)33-32-26(25-11-7-8-12-29(25)38-32)15-22(2)40(33)21-34(3,4)37/h7-8,11-12,16-17,22,24,33,38H,5-6,9-10,13-15,18-21H2,1-4H3/t22-,33-/m1/s1. The van der Waals surface area contributed by atoms with Crippen LogP contribution in [0.4, 0.5) is 13.2 Å². The van der Waals surface area contributed by atoms with E-state index >= 15 is 13.2 Å². The number of carbonyl (C=O) groups is 1. The van der Waals surface area contributed by atoms with Crippen molar-refractivity contribution in [3.63, 3.8) is 0 Å². The lowest BCUT2D eigenvalue weighted by Crippen LogP contribution is -2.53. The molecule has 0 radical (unpaired) electrons. The summed E-state index contributed by atoms with van der Waals surface area (Å²) in [5, 5.41) is 1.02. The van der Waals surface area contributed by atoms with Gasteiger partial charge in [-0.3, -0.25) is 9.80 Å². The van der Waals surface area contributed by atoms with Gasteiger partial charge in [-0.15, -0.1) is 0 Å². The number of unbranched alkanes of at least 4 members (excludes halogenated alkanes) is 2. The monoisotopic (exact) mass is 615 g/mol. The second-order valence-electron chi connectivity index (χ2n) is 12.6. The van der Waals surface area contributed by atoms with E-state index in [0.29, 0.717) is 38.4 Å². The maximum absolute atomic E-state index is 15.9. The molecule has 2 aliphatic heterocycles. The highest BCUT2D eigenvalue weighted by atomic mass is 19.1. The van der Waals surface area contributed by atoms with Crippen LogP contribution in [-0.4, -0.2) is 84.6 Å². The number of ether oxygens (including phenoxy) is 3. The third-order valence-corrected chi connectivity index (χ3v) is 8.42. The number of aromatic nitrogens is 1. The Kier molecular flexibility index (Phi) is 10.2. The van der Waals surface area contributed by atoms with E-state index in [9.17, 15) is 4.79 Å². The van der Waals surface area contributed by atoms with E-state index in [0.717, 1.165) is 42.3 Å². The van der Waals surface area contributed by atoms with Crippen molar-refractivity contribution < 1.29 is 32.2 Å². The summed E-state index contributed by atoms with van der Waals surface area (Å²) >= 11 is 0. The first-order chi connectivity index (χ1) is 21.0. The summed E-state index contributed by atoms with van der Waals surface area (Å²) in [5.74, 6) is -1.59. The molecule has 2 aliphatic rings. The molecule has 3 aromatic rings. The number of nitrogens with zero attached hydrogens (tertiary/aromatic N) is 2. The Morgan fingerprint density at radius 3 is 2.52 bits per heavy atom. The summed E-state index contributed by atoms with van der Waals surface area (Å²) in [6.45, 7) is 9.88. The Bertz CT molecular complexity index is 1410. The highest BCUT2D eigenvalue weighted by molar-refractivity contribution is 5.85. The summed E-state index contributed by atoms with van der Waals surface area (Å²) < 4.78 is 62.9. The van der Waals surface area contributed by atoms with Gasteiger partial charge in [-0.25, -0.2) is 18.0 Å². The number of carbonyl (C=O) groups excluding carboxylic acids is 1. The maximum Gasteiger partial charge on any atom is 0.332 e. The zero-order chi connectivity index (χ0) is 31.4. The van der Waals surface area contributed by atoms with E-state index in [1.807, 2.05) is 36.1 Å². The van der Waals surface area contributed by atoms with Crippen molar-refractivity contribution in [2.24, 2.45) is 0 Å². The first-order valence-electron chi connectivity index (χ1n) is 15.7. The number of alkyl halides is 1. The predicted molar refractivity (Wildman–Crippen MR) is 164 cm³/mol. The number of para-hydroxylation sites is 1. The molecule has 44 heavy (non-hydrogen) atoms. The number of hydrogen-bond acceptors (Lipinski definition) is 6. The van der Waals surface area contributed by atoms with Crippen LogP contribution in [0.1, 0.15) is 69.8 Å². The Hall–Kier alpha value is -3.08. The molecule has 2 aromatic carbocycles. The minimum atomic E-state index is -1.56. The number of rotatable bonds is 14. The third-order valence-electron chi connectivity index (χ3n) is 8.42. The van der Waals surface area contributed by atoms with Gasteiger partial charge in [-0.2, -0.15) is 0 Å². The molecule has 3 heterocycles. The van der Waals surface area contributed by atoms with Crippen LogP contribution in [-0.2, 0) is 20.7 Å². The molecule has 2 atom stereocenters. The Labute approximate surface area is 257 Å². The highest BCUT2D eigenvalue weighted by Gasteiger charge is 2.41. The normalized spacial score (nSPS) is 19.6. The van der Waals surface area contributed by atoms with Crippen molar-refractivity contribution in [1.82, 2.24) is 14.8 Å². The van der Waals surface area contributed by atoms with E-state index in [-0.39, 0.29) is 42.6 Å². The molecule has 7 nitrogen and oxygen atoms in total. The molecule has 10 heteroatoms. The van der Waals surface area contributed by atoms with Crippen LogP contribution >= 0.6 is 0 Å². The van der Waals surface area contributed by atoms with Gasteiger partial charge in [0.25, 0.3) is 0 Å². The van der Waals surface area contributed by atoms with Crippen LogP contribution in [0.2, 0.25) is 0 Å². The van der Waals surface area contributed by atoms with Gasteiger partial charge < -0.3 is 19.2 Å². The fourth-order valence-corrected chi connectivity index (χ4v) is 6.44. The number of hydrogen-bond donors (Lipinski definition) is 1. The van der Waals surface area contributed by atoms with Crippen LogP contribution in [0.25, 0.3) is 10.9 Å². The number of H-pyrrole nitrogens is 1. The Morgan fingerprint density at radius 2 is 1.82 bits per heavy atom. The van der Waals surface area contributed by atoms with Crippen LogP contribution in [0, 0.1) is 11.6 Å². The number of likely N-dealkylation sites (tertiary alicyclic amines) is 1. The lowest BCUT2D eigenvalue weighted by molar-refractivity contribution is -0.148. The molecular formula is C34H44F3N3O4. The molecule has 0 amide bonds. The van der Waals surface area contributed by atoms with Crippen molar-refractivity contribution in [3.8, 4) is 5.75 Å². The number of aromatic amines is 1. The van der Waals surface area contributed by atoms with E-state index in [2.05, 4.69) is 9.88 Å². The lowest BCUT2D eigenvalue weighted by Gasteiger charge is -2.43. The Morgan fingerprint density at radius 1 is 1.09 bits per heavy atom. The van der Waals surface area contributed by atoms with Gasteiger partial charge in [-0.05, 0) is 71.6 Å². The molecular weight excluding hydrogens is 571 g/mol. The summed E-state index contributed by atoms with van der Waals surface area (Å²) in [4.78, 5) is 18.8. The van der Waals surface area contributed by atoms with E-state index in [1.165, 1.54) is 26.0 Å². The molecule has 1 fully saturated rings. The SMILES string of the molecule is CCOC(=O)COCCCCCN1CC(Oc2cc(F)c([C@@H]3c4[nH]c5ccccc5c4C[C@@H](C)N3CC(C)(C)F)c(F)c2)C1. The van der Waals surface area contributed by atoms with Gasteiger partial charge in [0, 0.05) is 66.6 Å². The smallest absolute Gasteiger partial charge is 0.332 e. The van der Waals surface area contributed by atoms with Crippen molar-refractivity contribution in [2.45, 2.75) is 77.2 Å². The Balaban J connectivity index is 1.21. The van der Waals surface area contributed by atoms with Crippen LogP contribution < -0.4 is 4.74 Å². The zero-order valence-corrected chi connectivity index (χ0v) is 26.1. The number of fused-ring (bicyclic) bond motifs is 3. The van der Waals surface area contributed by atoms with Gasteiger partial charge in [0.2, 0.25) is 0 Å². The molecule has 1 N–H and O–H groups in total. The predicted octanol–water partition coefficient (Wildman–Crippen LogP) is 6.34. The van der Waals surface area contributed by atoms with Crippen molar-refractivity contribution in [3.05, 3.63) is 64.9 Å². The van der Waals surface area contributed by atoms with E-state index in [4.69, 9.17) is 14.2 Å². The second kappa shape index (κ2) is 13.9. The van der Waals surface area contributed by atoms with Gasteiger partial charge in [0.05, 0.1) is 12.6 Å². The van der Waals surface area contributed by atoms with Gasteiger partial charge >= 0.3 is 5.97 Å².